The largest absolute Gasteiger partial charge is 0.264 e. The summed E-state index contributed by atoms with van der Waals surface area (Å²) < 4.78 is 0. The number of fused-ring (bicyclic) bond motifs is 4. The number of pyridine rings is 1. The van der Waals surface area contributed by atoms with Gasteiger partial charge < -0.3 is 0 Å². The van der Waals surface area contributed by atoms with Crippen molar-refractivity contribution in [2.75, 3.05) is 0 Å². The van der Waals surface area contributed by atoms with Gasteiger partial charge in [-0.1, -0.05) is 24.3 Å². The van der Waals surface area contributed by atoms with Gasteiger partial charge in [0.1, 0.15) is 0 Å². The summed E-state index contributed by atoms with van der Waals surface area (Å²) in [5.41, 5.74) is 6.45. The fraction of sp³-hybridized carbons (Fsp3) is 0.312. The minimum absolute atomic E-state index is 0.339. The predicted octanol–water partition coefficient (Wildman–Crippen LogP) is 3.26. The van der Waals surface area contributed by atoms with Crippen molar-refractivity contribution >= 4 is 0 Å². The van der Waals surface area contributed by atoms with E-state index in [2.05, 4.69) is 41.5 Å². The van der Waals surface area contributed by atoms with E-state index in [9.17, 15) is 0 Å². The molecular formula is C16H15N. The molecule has 1 fully saturated rings. The summed E-state index contributed by atoms with van der Waals surface area (Å²) in [6.45, 7) is 0. The molecule has 84 valence electrons. The van der Waals surface area contributed by atoms with Crippen molar-refractivity contribution in [2.45, 2.75) is 31.1 Å². The molecule has 1 heteroatoms. The van der Waals surface area contributed by atoms with Gasteiger partial charge >= 0.3 is 0 Å². The molecule has 0 radical (unpaired) electrons. The fourth-order valence-electron chi connectivity index (χ4n) is 3.38. The van der Waals surface area contributed by atoms with Gasteiger partial charge in [-0.05, 0) is 54.0 Å². The van der Waals surface area contributed by atoms with Crippen molar-refractivity contribution in [3.8, 4) is 0 Å². The first kappa shape index (κ1) is 9.41. The molecule has 0 atom stereocenters. The lowest BCUT2D eigenvalue weighted by Crippen LogP contribution is -2.10. The minimum Gasteiger partial charge on any atom is -0.264 e. The van der Waals surface area contributed by atoms with Crippen LogP contribution in [0.15, 0.2) is 42.7 Å². The van der Waals surface area contributed by atoms with Crippen molar-refractivity contribution < 1.29 is 0 Å². The van der Waals surface area contributed by atoms with Crippen LogP contribution in [0.5, 0.6) is 0 Å². The summed E-state index contributed by atoms with van der Waals surface area (Å²) in [6, 6.07) is 11.2. The van der Waals surface area contributed by atoms with Crippen LogP contribution in [0.4, 0.5) is 0 Å². The Labute approximate surface area is 102 Å². The first-order chi connectivity index (χ1) is 8.40. The SMILES string of the molecule is c1ccc2c(c1)CCc1cnccc1C21CC1. The number of rotatable bonds is 0. The Bertz CT molecular complexity index is 532. The monoisotopic (exact) mass is 221 g/mol. The molecule has 2 aliphatic carbocycles. The van der Waals surface area contributed by atoms with E-state index in [1.807, 2.05) is 6.20 Å². The molecule has 1 heterocycles. The third kappa shape index (κ3) is 1.22. The molecule has 1 nitrogen and oxygen atoms in total. The van der Waals surface area contributed by atoms with E-state index < -0.39 is 0 Å². The Morgan fingerprint density at radius 2 is 1.65 bits per heavy atom. The van der Waals surface area contributed by atoms with Crippen LogP contribution in [0.1, 0.15) is 35.1 Å². The Balaban J connectivity index is 2.00. The molecule has 0 aliphatic heterocycles. The van der Waals surface area contributed by atoms with Gasteiger partial charge in [0.15, 0.2) is 0 Å². The average Bonchev–Trinajstić information content (AvgIpc) is 3.19. The maximum atomic E-state index is 4.30. The van der Waals surface area contributed by atoms with Gasteiger partial charge in [-0.2, -0.15) is 0 Å². The van der Waals surface area contributed by atoms with E-state index >= 15 is 0 Å². The lowest BCUT2D eigenvalue weighted by atomic mass is 9.86. The zero-order valence-electron chi connectivity index (χ0n) is 9.82. The summed E-state index contributed by atoms with van der Waals surface area (Å²) in [5, 5.41) is 0. The number of nitrogens with zero attached hydrogens (tertiary/aromatic N) is 1. The van der Waals surface area contributed by atoms with E-state index in [1.54, 1.807) is 11.1 Å². The molecule has 0 N–H and O–H groups in total. The van der Waals surface area contributed by atoms with E-state index in [4.69, 9.17) is 0 Å². The van der Waals surface area contributed by atoms with Gasteiger partial charge in [0.2, 0.25) is 0 Å². The smallest absolute Gasteiger partial charge is 0.0303 e. The van der Waals surface area contributed by atoms with E-state index in [0.717, 1.165) is 12.8 Å². The van der Waals surface area contributed by atoms with Crippen LogP contribution in [0.25, 0.3) is 0 Å². The van der Waals surface area contributed by atoms with E-state index in [0.29, 0.717) is 5.41 Å². The van der Waals surface area contributed by atoms with Crippen LogP contribution in [0.2, 0.25) is 0 Å². The summed E-state index contributed by atoms with van der Waals surface area (Å²) in [7, 11) is 0. The standard InChI is InChI=1S/C16H15N/c1-2-4-14-12(3-1)5-6-13-11-17-10-7-15(13)16(14)8-9-16/h1-4,7,10-11H,5-6,8-9H2. The minimum atomic E-state index is 0.339. The Morgan fingerprint density at radius 3 is 2.53 bits per heavy atom. The molecule has 0 saturated heterocycles. The highest BCUT2D eigenvalue weighted by Gasteiger charge is 2.48. The van der Waals surface area contributed by atoms with Crippen LogP contribution >= 0.6 is 0 Å². The third-order valence-electron chi connectivity index (χ3n) is 4.37. The van der Waals surface area contributed by atoms with Crippen LogP contribution in [-0.2, 0) is 18.3 Å². The third-order valence-corrected chi connectivity index (χ3v) is 4.37. The fourth-order valence-corrected chi connectivity index (χ4v) is 3.38. The van der Waals surface area contributed by atoms with Gasteiger partial charge in [-0.25, -0.2) is 0 Å². The van der Waals surface area contributed by atoms with Crippen molar-refractivity contribution in [1.82, 2.24) is 4.98 Å². The predicted molar refractivity (Wildman–Crippen MR) is 68.1 cm³/mol. The van der Waals surface area contributed by atoms with Crippen molar-refractivity contribution in [1.29, 1.82) is 0 Å². The molecule has 0 bridgehead atoms. The molecule has 1 aromatic heterocycles. The lowest BCUT2D eigenvalue weighted by molar-refractivity contribution is 0.835. The quantitative estimate of drug-likeness (QED) is 0.665. The van der Waals surface area contributed by atoms with Gasteiger partial charge in [0.05, 0.1) is 0 Å². The molecule has 1 spiro atoms. The Hall–Kier alpha value is -1.63. The van der Waals surface area contributed by atoms with E-state index in [1.165, 1.54) is 24.0 Å². The van der Waals surface area contributed by atoms with Gasteiger partial charge in [-0.15, -0.1) is 0 Å². The normalized spacial score (nSPS) is 19.3. The van der Waals surface area contributed by atoms with E-state index in [-0.39, 0.29) is 0 Å². The molecule has 2 aromatic rings. The second-order valence-corrected chi connectivity index (χ2v) is 5.27. The van der Waals surface area contributed by atoms with Crippen molar-refractivity contribution in [3.05, 3.63) is 65.0 Å². The average molecular weight is 221 g/mol. The molecule has 0 amide bonds. The highest BCUT2D eigenvalue weighted by atomic mass is 14.6. The molecule has 4 rings (SSSR count). The van der Waals surface area contributed by atoms with Gasteiger partial charge in [-0.3, -0.25) is 4.98 Å². The maximum Gasteiger partial charge on any atom is 0.0303 e. The zero-order valence-corrected chi connectivity index (χ0v) is 9.82. The second kappa shape index (κ2) is 3.19. The number of benzene rings is 1. The van der Waals surface area contributed by atoms with Crippen LogP contribution in [-0.4, -0.2) is 4.98 Å². The number of hydrogen-bond acceptors (Lipinski definition) is 1. The molecule has 17 heavy (non-hydrogen) atoms. The van der Waals surface area contributed by atoms with Crippen LogP contribution in [0.3, 0.4) is 0 Å². The van der Waals surface area contributed by atoms with Crippen molar-refractivity contribution in [2.24, 2.45) is 0 Å². The topological polar surface area (TPSA) is 12.9 Å². The number of aryl methyl sites for hydroxylation is 2. The Morgan fingerprint density at radius 1 is 0.882 bits per heavy atom. The first-order valence-electron chi connectivity index (χ1n) is 6.42. The summed E-state index contributed by atoms with van der Waals surface area (Å²) in [5.74, 6) is 0. The summed E-state index contributed by atoms with van der Waals surface area (Å²) >= 11 is 0. The summed E-state index contributed by atoms with van der Waals surface area (Å²) in [6.07, 6.45) is 8.94. The van der Waals surface area contributed by atoms with Crippen LogP contribution in [0, 0.1) is 0 Å². The number of hydrogen-bond donors (Lipinski definition) is 0. The highest BCUT2D eigenvalue weighted by Crippen LogP contribution is 2.56. The molecule has 0 unspecified atom stereocenters. The zero-order chi connectivity index (χ0) is 11.3. The number of aromatic nitrogens is 1. The summed E-state index contributed by atoms with van der Waals surface area (Å²) in [4.78, 5) is 4.30. The molecule has 1 saturated carbocycles. The van der Waals surface area contributed by atoms with Crippen molar-refractivity contribution in [3.63, 3.8) is 0 Å². The molecule has 2 aliphatic rings. The first-order valence-corrected chi connectivity index (χ1v) is 6.42. The maximum absolute atomic E-state index is 4.30. The molecule has 1 aromatic carbocycles. The van der Waals surface area contributed by atoms with Crippen LogP contribution < -0.4 is 0 Å². The van der Waals surface area contributed by atoms with Gasteiger partial charge in [0, 0.05) is 17.8 Å². The highest BCUT2D eigenvalue weighted by molar-refractivity contribution is 5.52. The Kier molecular flexibility index (Phi) is 1.77. The van der Waals surface area contributed by atoms with Gasteiger partial charge in [0.25, 0.3) is 0 Å². The second-order valence-electron chi connectivity index (χ2n) is 5.27. The molecular weight excluding hydrogens is 206 g/mol. The lowest BCUT2D eigenvalue weighted by Gasteiger charge is -2.18.